The van der Waals surface area contributed by atoms with Gasteiger partial charge in [0, 0.05) is 6.92 Å². The lowest BCUT2D eigenvalue weighted by Gasteiger charge is -2.27. The smallest absolute Gasteiger partial charge is 0.217 e. The second-order valence-corrected chi connectivity index (χ2v) is 5.08. The van der Waals surface area contributed by atoms with E-state index in [-0.39, 0.29) is 11.9 Å². The highest BCUT2D eigenvalue weighted by atomic mass is 16.1. The quantitative estimate of drug-likeness (QED) is 0.859. The predicted molar refractivity (Wildman–Crippen MR) is 73.5 cm³/mol. The third kappa shape index (κ3) is 3.10. The van der Waals surface area contributed by atoms with Crippen molar-refractivity contribution in [1.82, 2.24) is 10.6 Å². The maximum absolute atomic E-state index is 11.2. The first kappa shape index (κ1) is 13.1. The molecule has 1 aliphatic heterocycles. The summed E-state index contributed by atoms with van der Waals surface area (Å²) in [4.78, 5) is 11.2. The first-order chi connectivity index (χ1) is 8.68. The molecule has 1 aromatic rings. The average Bonchev–Trinajstić information content (AvgIpc) is 2.39. The maximum Gasteiger partial charge on any atom is 0.217 e. The van der Waals surface area contributed by atoms with E-state index in [1.807, 2.05) is 0 Å². The largest absolute Gasteiger partial charge is 0.350 e. The van der Waals surface area contributed by atoms with Crippen molar-refractivity contribution >= 4 is 5.91 Å². The summed E-state index contributed by atoms with van der Waals surface area (Å²) in [5, 5.41) is 6.38. The number of hydrogen-bond acceptors (Lipinski definition) is 2. The summed E-state index contributed by atoms with van der Waals surface area (Å²) in [5.41, 5.74) is 2.67. The molecular weight excluding hydrogens is 224 g/mol. The molecule has 0 aromatic heterocycles. The van der Waals surface area contributed by atoms with Crippen LogP contribution in [0, 0.1) is 0 Å². The van der Waals surface area contributed by atoms with E-state index in [0.717, 1.165) is 13.1 Å². The van der Waals surface area contributed by atoms with E-state index in [9.17, 15) is 4.79 Å². The van der Waals surface area contributed by atoms with Crippen LogP contribution in [0.5, 0.6) is 0 Å². The van der Waals surface area contributed by atoms with Gasteiger partial charge in [-0.05, 0) is 49.9 Å². The van der Waals surface area contributed by atoms with Crippen LogP contribution in [0.2, 0.25) is 0 Å². The Morgan fingerprint density at radius 3 is 2.67 bits per heavy atom. The zero-order valence-electron chi connectivity index (χ0n) is 11.2. The molecule has 1 aliphatic rings. The Hall–Kier alpha value is -1.35. The van der Waals surface area contributed by atoms with Crippen molar-refractivity contribution < 1.29 is 4.79 Å². The molecule has 2 rings (SSSR count). The Labute approximate surface area is 109 Å². The first-order valence-corrected chi connectivity index (χ1v) is 6.75. The minimum atomic E-state index is 0.0302. The fourth-order valence-corrected chi connectivity index (χ4v) is 2.79. The Bertz CT molecular complexity index is 411. The van der Waals surface area contributed by atoms with E-state index >= 15 is 0 Å². The van der Waals surface area contributed by atoms with Gasteiger partial charge in [0.1, 0.15) is 0 Å². The van der Waals surface area contributed by atoms with E-state index in [2.05, 4.69) is 41.8 Å². The van der Waals surface area contributed by atoms with E-state index in [4.69, 9.17) is 0 Å². The number of nitrogens with one attached hydrogen (secondary N) is 2. The monoisotopic (exact) mass is 246 g/mol. The van der Waals surface area contributed by atoms with Gasteiger partial charge in [0.15, 0.2) is 0 Å². The molecule has 1 atom stereocenters. The van der Waals surface area contributed by atoms with Gasteiger partial charge in [-0.3, -0.25) is 4.79 Å². The summed E-state index contributed by atoms with van der Waals surface area (Å²) >= 11 is 0. The number of carbonyl (C=O) groups is 1. The highest BCUT2D eigenvalue weighted by Gasteiger charge is 2.20. The summed E-state index contributed by atoms with van der Waals surface area (Å²) in [5.74, 6) is 0.654. The molecule has 3 nitrogen and oxygen atoms in total. The average molecular weight is 246 g/mol. The van der Waals surface area contributed by atoms with Crippen LogP contribution in [0.4, 0.5) is 0 Å². The topological polar surface area (TPSA) is 41.1 Å². The fourth-order valence-electron chi connectivity index (χ4n) is 2.79. The normalized spacial score (nSPS) is 18.3. The molecule has 0 saturated carbocycles. The lowest BCUT2D eigenvalue weighted by Crippen LogP contribution is -2.29. The zero-order chi connectivity index (χ0) is 13.0. The molecule has 0 spiro atoms. The molecule has 0 radical (unpaired) electrons. The number of amides is 1. The van der Waals surface area contributed by atoms with Crippen molar-refractivity contribution in [3.05, 3.63) is 35.4 Å². The SMILES string of the molecule is CC(=O)NC(C)c1ccccc1C1CCNCC1. The number of hydrogen-bond donors (Lipinski definition) is 2. The molecule has 3 heteroatoms. The third-order valence-corrected chi connectivity index (χ3v) is 3.66. The van der Waals surface area contributed by atoms with Crippen LogP contribution in [0.25, 0.3) is 0 Å². The van der Waals surface area contributed by atoms with Gasteiger partial charge in [-0.2, -0.15) is 0 Å². The molecule has 1 unspecified atom stereocenters. The highest BCUT2D eigenvalue weighted by Crippen LogP contribution is 2.30. The maximum atomic E-state index is 11.2. The molecule has 1 fully saturated rings. The first-order valence-electron chi connectivity index (χ1n) is 6.75. The minimum absolute atomic E-state index is 0.0302. The zero-order valence-corrected chi connectivity index (χ0v) is 11.2. The number of benzene rings is 1. The van der Waals surface area contributed by atoms with Gasteiger partial charge >= 0.3 is 0 Å². The summed E-state index contributed by atoms with van der Waals surface area (Å²) in [6.07, 6.45) is 2.37. The lowest BCUT2D eigenvalue weighted by molar-refractivity contribution is -0.119. The summed E-state index contributed by atoms with van der Waals surface area (Å²) in [7, 11) is 0. The molecule has 1 aromatic carbocycles. The predicted octanol–water partition coefficient (Wildman–Crippen LogP) is 2.35. The highest BCUT2D eigenvalue weighted by molar-refractivity contribution is 5.73. The van der Waals surface area contributed by atoms with Crippen LogP contribution in [-0.2, 0) is 4.79 Å². The van der Waals surface area contributed by atoms with Gasteiger partial charge in [0.05, 0.1) is 6.04 Å². The van der Waals surface area contributed by atoms with E-state index < -0.39 is 0 Å². The van der Waals surface area contributed by atoms with Crippen molar-refractivity contribution in [2.24, 2.45) is 0 Å². The van der Waals surface area contributed by atoms with Crippen molar-refractivity contribution in [1.29, 1.82) is 0 Å². The second kappa shape index (κ2) is 6.01. The molecule has 0 bridgehead atoms. The molecule has 18 heavy (non-hydrogen) atoms. The summed E-state index contributed by atoms with van der Waals surface area (Å²) < 4.78 is 0. The van der Waals surface area contributed by atoms with Gasteiger partial charge in [0.2, 0.25) is 5.91 Å². The van der Waals surface area contributed by atoms with E-state index in [1.54, 1.807) is 6.92 Å². The Morgan fingerprint density at radius 2 is 2.00 bits per heavy atom. The van der Waals surface area contributed by atoms with Gasteiger partial charge in [-0.25, -0.2) is 0 Å². The Kier molecular flexibility index (Phi) is 4.37. The minimum Gasteiger partial charge on any atom is -0.350 e. The number of piperidine rings is 1. The fraction of sp³-hybridized carbons (Fsp3) is 0.533. The summed E-state index contributed by atoms with van der Waals surface area (Å²) in [6.45, 7) is 5.81. The van der Waals surface area contributed by atoms with Gasteiger partial charge < -0.3 is 10.6 Å². The van der Waals surface area contributed by atoms with Crippen LogP contribution in [0.3, 0.4) is 0 Å². The number of rotatable bonds is 3. The molecule has 1 amide bonds. The standard InChI is InChI=1S/C15H22N2O/c1-11(17-12(2)18)14-5-3-4-6-15(14)13-7-9-16-10-8-13/h3-6,11,13,16H,7-10H2,1-2H3,(H,17,18). The van der Waals surface area contributed by atoms with Crippen molar-refractivity contribution in [2.75, 3.05) is 13.1 Å². The third-order valence-electron chi connectivity index (χ3n) is 3.66. The summed E-state index contributed by atoms with van der Waals surface area (Å²) in [6, 6.07) is 8.59. The van der Waals surface area contributed by atoms with Crippen molar-refractivity contribution in [3.63, 3.8) is 0 Å². The van der Waals surface area contributed by atoms with Crippen LogP contribution < -0.4 is 10.6 Å². The molecule has 1 heterocycles. The van der Waals surface area contributed by atoms with Crippen molar-refractivity contribution in [3.8, 4) is 0 Å². The van der Waals surface area contributed by atoms with Gasteiger partial charge in [-0.15, -0.1) is 0 Å². The Balaban J connectivity index is 2.21. The van der Waals surface area contributed by atoms with E-state index in [1.165, 1.54) is 24.0 Å². The second-order valence-electron chi connectivity index (χ2n) is 5.08. The number of carbonyl (C=O) groups excluding carboxylic acids is 1. The van der Waals surface area contributed by atoms with E-state index in [0.29, 0.717) is 5.92 Å². The molecule has 98 valence electrons. The van der Waals surface area contributed by atoms with Crippen LogP contribution >= 0.6 is 0 Å². The lowest BCUT2D eigenvalue weighted by atomic mass is 9.85. The van der Waals surface area contributed by atoms with Crippen LogP contribution in [0.15, 0.2) is 24.3 Å². The van der Waals surface area contributed by atoms with Crippen molar-refractivity contribution in [2.45, 2.75) is 38.6 Å². The van der Waals surface area contributed by atoms with Gasteiger partial charge in [0.25, 0.3) is 0 Å². The van der Waals surface area contributed by atoms with Crippen LogP contribution in [0.1, 0.15) is 49.8 Å². The molecule has 1 saturated heterocycles. The van der Waals surface area contributed by atoms with Gasteiger partial charge in [-0.1, -0.05) is 24.3 Å². The molecular formula is C15H22N2O. The molecule has 0 aliphatic carbocycles. The molecule has 2 N–H and O–H groups in total. The van der Waals surface area contributed by atoms with Crippen LogP contribution in [-0.4, -0.2) is 19.0 Å². The Morgan fingerprint density at radius 1 is 1.33 bits per heavy atom.